The van der Waals surface area contributed by atoms with Crippen molar-refractivity contribution in [2.24, 2.45) is 0 Å². The van der Waals surface area contributed by atoms with Crippen LogP contribution in [0.15, 0.2) is 48.5 Å². The number of halogens is 1. The molecule has 7 heteroatoms. The molecule has 1 saturated heterocycles. The number of para-hydroxylation sites is 1. The van der Waals surface area contributed by atoms with Gasteiger partial charge in [-0.15, -0.1) is 12.4 Å². The molecule has 29 heavy (non-hydrogen) atoms. The number of ether oxygens (including phenoxy) is 2. The number of hydrogen-bond acceptors (Lipinski definition) is 5. The van der Waals surface area contributed by atoms with Crippen molar-refractivity contribution in [3.05, 3.63) is 59.8 Å². The highest BCUT2D eigenvalue weighted by Gasteiger charge is 2.26. The fourth-order valence-electron chi connectivity index (χ4n) is 3.76. The van der Waals surface area contributed by atoms with Crippen molar-refractivity contribution in [2.75, 3.05) is 32.9 Å². The number of carbonyl (C=O) groups is 1. The number of aromatic hydroxyl groups is 1. The van der Waals surface area contributed by atoms with E-state index in [1.807, 2.05) is 36.4 Å². The van der Waals surface area contributed by atoms with E-state index in [4.69, 9.17) is 9.47 Å². The summed E-state index contributed by atoms with van der Waals surface area (Å²) in [6.45, 7) is 5.68. The molecule has 1 aliphatic rings. The van der Waals surface area contributed by atoms with E-state index in [9.17, 15) is 9.90 Å². The lowest BCUT2D eigenvalue weighted by Crippen LogP contribution is -2.36. The predicted molar refractivity (Wildman–Crippen MR) is 114 cm³/mol. The van der Waals surface area contributed by atoms with Crippen LogP contribution < -0.4 is 0 Å². The number of esters is 1. The van der Waals surface area contributed by atoms with Gasteiger partial charge in [0.25, 0.3) is 0 Å². The molecule has 0 bridgehead atoms. The van der Waals surface area contributed by atoms with E-state index in [1.54, 1.807) is 19.1 Å². The van der Waals surface area contributed by atoms with Crippen molar-refractivity contribution in [2.45, 2.75) is 13.5 Å². The number of fused-ring (bicyclic) bond motifs is 1. The van der Waals surface area contributed by atoms with Crippen molar-refractivity contribution in [3.63, 3.8) is 0 Å². The first-order valence-corrected chi connectivity index (χ1v) is 9.58. The van der Waals surface area contributed by atoms with Crippen LogP contribution in [0, 0.1) is 0 Å². The Labute approximate surface area is 176 Å². The van der Waals surface area contributed by atoms with Gasteiger partial charge in [0.05, 0.1) is 36.6 Å². The summed E-state index contributed by atoms with van der Waals surface area (Å²) in [6.07, 6.45) is 0. The maximum atomic E-state index is 12.9. The minimum Gasteiger partial charge on any atom is -0.508 e. The molecule has 2 aromatic carbocycles. The normalized spacial score (nSPS) is 14.5. The lowest BCUT2D eigenvalue weighted by molar-refractivity contribution is 0.0329. The third-order valence-electron chi connectivity index (χ3n) is 5.02. The van der Waals surface area contributed by atoms with Gasteiger partial charge in [0, 0.05) is 30.7 Å². The minimum atomic E-state index is -0.365. The third kappa shape index (κ3) is 4.24. The van der Waals surface area contributed by atoms with Gasteiger partial charge in [-0.1, -0.05) is 18.2 Å². The van der Waals surface area contributed by atoms with Crippen molar-refractivity contribution in [3.8, 4) is 11.4 Å². The standard InChI is InChI=1S/C22H24N2O4.ClH/c1-2-28-22(26)21-18-14-17(25)8-9-19(18)24(16-6-4-3-5-7-16)20(21)15-23-10-12-27-13-11-23;/h3-9,14,25H,2,10-13,15H2,1H3;1H. The Kier molecular flexibility index (Phi) is 6.79. The zero-order valence-corrected chi connectivity index (χ0v) is 17.2. The molecule has 1 fully saturated rings. The van der Waals surface area contributed by atoms with Gasteiger partial charge in [-0.25, -0.2) is 4.79 Å². The Morgan fingerprint density at radius 2 is 1.86 bits per heavy atom. The van der Waals surface area contributed by atoms with Gasteiger partial charge in [-0.05, 0) is 37.3 Å². The van der Waals surface area contributed by atoms with E-state index in [-0.39, 0.29) is 24.1 Å². The number of nitrogens with zero attached hydrogens (tertiary/aromatic N) is 2. The summed E-state index contributed by atoms with van der Waals surface area (Å²) in [4.78, 5) is 15.2. The molecule has 0 saturated carbocycles. The second-order valence-electron chi connectivity index (χ2n) is 6.80. The van der Waals surface area contributed by atoms with Crippen molar-refractivity contribution in [1.29, 1.82) is 0 Å². The fourth-order valence-corrected chi connectivity index (χ4v) is 3.76. The van der Waals surface area contributed by atoms with E-state index < -0.39 is 0 Å². The van der Waals surface area contributed by atoms with Gasteiger partial charge >= 0.3 is 5.97 Å². The van der Waals surface area contributed by atoms with Crippen LogP contribution in [-0.4, -0.2) is 53.5 Å². The van der Waals surface area contributed by atoms with Crippen LogP contribution in [0.2, 0.25) is 0 Å². The van der Waals surface area contributed by atoms with Gasteiger partial charge in [-0.3, -0.25) is 4.90 Å². The number of carbonyl (C=O) groups excluding carboxylic acids is 1. The first kappa shape index (κ1) is 21.2. The van der Waals surface area contributed by atoms with E-state index in [0.717, 1.165) is 30.0 Å². The monoisotopic (exact) mass is 416 g/mol. The van der Waals surface area contributed by atoms with Crippen LogP contribution in [0.1, 0.15) is 23.0 Å². The number of phenolic OH excluding ortho intramolecular Hbond substituents is 1. The van der Waals surface area contributed by atoms with Gasteiger partial charge in [0.2, 0.25) is 0 Å². The summed E-state index contributed by atoms with van der Waals surface area (Å²) < 4.78 is 12.9. The number of phenols is 1. The average Bonchev–Trinajstić information content (AvgIpc) is 3.02. The summed E-state index contributed by atoms with van der Waals surface area (Å²) >= 11 is 0. The quantitative estimate of drug-likeness (QED) is 0.641. The molecule has 0 aliphatic carbocycles. The maximum Gasteiger partial charge on any atom is 0.340 e. The fraction of sp³-hybridized carbons (Fsp3) is 0.318. The van der Waals surface area contributed by atoms with Crippen LogP contribution in [0.3, 0.4) is 0 Å². The Balaban J connectivity index is 0.00000240. The minimum absolute atomic E-state index is 0. The summed E-state index contributed by atoms with van der Waals surface area (Å²) in [6, 6.07) is 15.1. The van der Waals surface area contributed by atoms with E-state index in [0.29, 0.717) is 37.3 Å². The first-order chi connectivity index (χ1) is 13.7. The zero-order chi connectivity index (χ0) is 19.5. The highest BCUT2D eigenvalue weighted by atomic mass is 35.5. The summed E-state index contributed by atoms with van der Waals surface area (Å²) in [7, 11) is 0. The molecule has 154 valence electrons. The van der Waals surface area contributed by atoms with Crippen LogP contribution in [0.25, 0.3) is 16.6 Å². The first-order valence-electron chi connectivity index (χ1n) is 9.58. The molecule has 0 spiro atoms. The highest BCUT2D eigenvalue weighted by molar-refractivity contribution is 6.07. The molecular formula is C22H25ClN2O4. The number of aromatic nitrogens is 1. The Morgan fingerprint density at radius 1 is 1.14 bits per heavy atom. The predicted octanol–water partition coefficient (Wildman–Crippen LogP) is 3.77. The lowest BCUT2D eigenvalue weighted by Gasteiger charge is -2.27. The molecule has 1 aliphatic heterocycles. The number of hydrogen-bond donors (Lipinski definition) is 1. The molecule has 2 heterocycles. The summed E-state index contributed by atoms with van der Waals surface area (Å²) in [5.74, 6) is -0.239. The molecule has 1 aromatic heterocycles. The summed E-state index contributed by atoms with van der Waals surface area (Å²) in [5.41, 5.74) is 3.22. The van der Waals surface area contributed by atoms with Gasteiger partial charge in [-0.2, -0.15) is 0 Å². The van der Waals surface area contributed by atoms with Crippen LogP contribution >= 0.6 is 12.4 Å². The Hall–Kier alpha value is -2.54. The molecule has 0 amide bonds. The second-order valence-corrected chi connectivity index (χ2v) is 6.80. The average molecular weight is 417 g/mol. The molecule has 0 atom stereocenters. The largest absolute Gasteiger partial charge is 0.508 e. The van der Waals surface area contributed by atoms with E-state index in [2.05, 4.69) is 9.47 Å². The van der Waals surface area contributed by atoms with E-state index >= 15 is 0 Å². The molecule has 0 unspecified atom stereocenters. The van der Waals surface area contributed by atoms with Crippen LogP contribution in [-0.2, 0) is 16.0 Å². The molecule has 6 nitrogen and oxygen atoms in total. The van der Waals surface area contributed by atoms with Gasteiger partial charge < -0.3 is 19.1 Å². The topological polar surface area (TPSA) is 63.9 Å². The number of morpholine rings is 1. The van der Waals surface area contributed by atoms with Crippen molar-refractivity contribution >= 4 is 29.3 Å². The molecule has 0 radical (unpaired) electrons. The van der Waals surface area contributed by atoms with Gasteiger partial charge in [0.1, 0.15) is 5.75 Å². The Morgan fingerprint density at radius 3 is 2.55 bits per heavy atom. The lowest BCUT2D eigenvalue weighted by atomic mass is 10.1. The van der Waals surface area contributed by atoms with Gasteiger partial charge in [0.15, 0.2) is 0 Å². The van der Waals surface area contributed by atoms with E-state index in [1.165, 1.54) is 0 Å². The Bertz CT molecular complexity index is 981. The van der Waals surface area contributed by atoms with Crippen molar-refractivity contribution < 1.29 is 19.4 Å². The zero-order valence-electron chi connectivity index (χ0n) is 16.3. The summed E-state index contributed by atoms with van der Waals surface area (Å²) in [5, 5.41) is 10.8. The van der Waals surface area contributed by atoms with Crippen LogP contribution in [0.5, 0.6) is 5.75 Å². The third-order valence-corrected chi connectivity index (χ3v) is 5.02. The maximum absolute atomic E-state index is 12.9. The molecular weight excluding hydrogens is 392 g/mol. The second kappa shape index (κ2) is 9.31. The number of benzene rings is 2. The smallest absolute Gasteiger partial charge is 0.340 e. The molecule has 1 N–H and O–H groups in total. The number of rotatable bonds is 5. The molecule has 3 aromatic rings. The SMILES string of the molecule is CCOC(=O)c1c(CN2CCOCC2)n(-c2ccccc2)c2ccc(O)cc12.Cl. The molecule has 4 rings (SSSR count). The van der Waals surface area contributed by atoms with Crippen LogP contribution in [0.4, 0.5) is 0 Å². The van der Waals surface area contributed by atoms with Crippen molar-refractivity contribution in [1.82, 2.24) is 9.47 Å². The highest BCUT2D eigenvalue weighted by Crippen LogP contribution is 2.33.